The molecule has 11 heteroatoms. The summed E-state index contributed by atoms with van der Waals surface area (Å²) in [5.41, 5.74) is 2.75. The summed E-state index contributed by atoms with van der Waals surface area (Å²) >= 11 is 1.18. The van der Waals surface area contributed by atoms with Crippen molar-refractivity contribution in [3.63, 3.8) is 0 Å². The predicted molar refractivity (Wildman–Crippen MR) is 122 cm³/mol. The summed E-state index contributed by atoms with van der Waals surface area (Å²) in [5, 5.41) is 12.5. The van der Waals surface area contributed by atoms with Crippen LogP contribution >= 0.6 is 11.8 Å². The van der Waals surface area contributed by atoms with E-state index in [-0.39, 0.29) is 5.75 Å². The molecule has 10 nitrogen and oxygen atoms in total. The Morgan fingerprint density at radius 2 is 1.82 bits per heavy atom. The van der Waals surface area contributed by atoms with Gasteiger partial charge in [0, 0.05) is 24.5 Å². The Morgan fingerprint density at radius 3 is 2.48 bits per heavy atom. The second-order valence-electron chi connectivity index (χ2n) is 7.31. The molecule has 2 N–H and O–H groups in total. The number of imide groups is 1. The fourth-order valence-electron chi connectivity index (χ4n) is 3.72. The highest BCUT2D eigenvalue weighted by atomic mass is 32.2. The molecule has 4 rings (SSSR count). The largest absolute Gasteiger partial charge is 0.344 e. The quantitative estimate of drug-likeness (QED) is 0.387. The third-order valence-electron chi connectivity index (χ3n) is 5.43. The molecule has 3 heterocycles. The molecule has 0 aliphatic carbocycles. The van der Waals surface area contributed by atoms with Crippen LogP contribution in [0.4, 0.5) is 4.79 Å². The summed E-state index contributed by atoms with van der Waals surface area (Å²) in [5.74, 6) is -0.390. The number of pyridine rings is 1. The molecular formula is C22H23N7O3S. The number of carbonyl (C=O) groups is 3. The molecular weight excluding hydrogens is 442 g/mol. The molecule has 1 aliphatic heterocycles. The minimum absolute atomic E-state index is 0.0456. The Hall–Kier alpha value is -3.73. The monoisotopic (exact) mass is 465 g/mol. The first-order chi connectivity index (χ1) is 16.0. The van der Waals surface area contributed by atoms with E-state index in [4.69, 9.17) is 0 Å². The van der Waals surface area contributed by atoms with Gasteiger partial charge in [-0.1, -0.05) is 49.0 Å². The van der Waals surface area contributed by atoms with Gasteiger partial charge in [-0.3, -0.25) is 20.0 Å². The summed E-state index contributed by atoms with van der Waals surface area (Å²) in [4.78, 5) is 42.3. The van der Waals surface area contributed by atoms with Gasteiger partial charge in [0.15, 0.2) is 11.0 Å². The van der Waals surface area contributed by atoms with E-state index in [1.54, 1.807) is 36.7 Å². The molecule has 2 aromatic heterocycles. The zero-order valence-corrected chi connectivity index (χ0v) is 19.0. The van der Waals surface area contributed by atoms with Gasteiger partial charge in [0.05, 0.1) is 5.75 Å². The van der Waals surface area contributed by atoms with Crippen molar-refractivity contribution in [1.29, 1.82) is 0 Å². The van der Waals surface area contributed by atoms with Crippen LogP contribution in [-0.4, -0.2) is 48.4 Å². The van der Waals surface area contributed by atoms with Gasteiger partial charge >= 0.3 is 6.03 Å². The van der Waals surface area contributed by atoms with Crippen LogP contribution in [0.3, 0.4) is 0 Å². The van der Waals surface area contributed by atoms with Crippen LogP contribution in [0.2, 0.25) is 0 Å². The van der Waals surface area contributed by atoms with E-state index >= 15 is 0 Å². The average molecular weight is 466 g/mol. The van der Waals surface area contributed by atoms with Gasteiger partial charge in [-0.2, -0.15) is 5.01 Å². The molecule has 1 saturated heterocycles. The number of nitrogens with one attached hydrogen (secondary N) is 2. The number of amides is 4. The van der Waals surface area contributed by atoms with E-state index in [0.29, 0.717) is 29.5 Å². The van der Waals surface area contributed by atoms with Crippen molar-refractivity contribution < 1.29 is 14.4 Å². The molecule has 1 fully saturated rings. The number of hydrogen-bond acceptors (Lipinski definition) is 7. The molecule has 0 radical (unpaired) electrons. The summed E-state index contributed by atoms with van der Waals surface area (Å²) in [7, 11) is 0. The molecule has 0 bridgehead atoms. The van der Waals surface area contributed by atoms with Crippen molar-refractivity contribution in [2.24, 2.45) is 0 Å². The number of hydrazine groups is 1. The molecule has 33 heavy (non-hydrogen) atoms. The first kappa shape index (κ1) is 22.5. The summed E-state index contributed by atoms with van der Waals surface area (Å²) in [6, 6.07) is 12.0. The minimum Gasteiger partial charge on any atom is -0.318 e. The Kier molecular flexibility index (Phi) is 6.40. The Balaban J connectivity index is 1.44. The van der Waals surface area contributed by atoms with Gasteiger partial charge in [0.1, 0.15) is 5.54 Å². The zero-order valence-electron chi connectivity index (χ0n) is 18.2. The van der Waals surface area contributed by atoms with Crippen molar-refractivity contribution in [3.05, 3.63) is 60.4 Å². The highest BCUT2D eigenvalue weighted by Gasteiger charge is 2.52. The van der Waals surface area contributed by atoms with Gasteiger partial charge in [0.25, 0.3) is 5.91 Å². The Morgan fingerprint density at radius 1 is 1.09 bits per heavy atom. The summed E-state index contributed by atoms with van der Waals surface area (Å²) < 4.78 is 1.89. The van der Waals surface area contributed by atoms with Crippen LogP contribution in [0.5, 0.6) is 0 Å². The molecule has 4 amide bonds. The lowest BCUT2D eigenvalue weighted by Crippen LogP contribution is -2.49. The van der Waals surface area contributed by atoms with E-state index < -0.39 is 23.4 Å². The maximum absolute atomic E-state index is 13.1. The number of carbonyl (C=O) groups excluding carboxylic acids is 3. The fraction of sp³-hybridized carbons (Fsp3) is 0.273. The number of rotatable bonds is 8. The van der Waals surface area contributed by atoms with Crippen LogP contribution in [0.25, 0.3) is 11.4 Å². The van der Waals surface area contributed by atoms with Crippen molar-refractivity contribution in [2.45, 2.75) is 37.5 Å². The summed E-state index contributed by atoms with van der Waals surface area (Å²) in [6.45, 7) is 4.38. The van der Waals surface area contributed by atoms with Gasteiger partial charge in [-0.25, -0.2) is 4.79 Å². The van der Waals surface area contributed by atoms with Crippen molar-refractivity contribution >= 4 is 29.6 Å². The maximum Gasteiger partial charge on any atom is 0.344 e. The van der Waals surface area contributed by atoms with Crippen molar-refractivity contribution in [1.82, 2.24) is 35.5 Å². The first-order valence-electron chi connectivity index (χ1n) is 10.5. The number of benzene rings is 1. The van der Waals surface area contributed by atoms with Gasteiger partial charge in [-0.05, 0) is 31.0 Å². The van der Waals surface area contributed by atoms with Gasteiger partial charge in [0.2, 0.25) is 5.91 Å². The molecule has 0 saturated carbocycles. The smallest absolute Gasteiger partial charge is 0.318 e. The van der Waals surface area contributed by atoms with Crippen LogP contribution < -0.4 is 10.7 Å². The van der Waals surface area contributed by atoms with E-state index in [1.165, 1.54) is 11.8 Å². The van der Waals surface area contributed by atoms with Crippen LogP contribution in [0, 0.1) is 0 Å². The topological polar surface area (TPSA) is 122 Å². The predicted octanol–water partition coefficient (Wildman–Crippen LogP) is 2.34. The number of nitrogens with zero attached hydrogens (tertiary/aromatic N) is 5. The molecule has 1 unspecified atom stereocenters. The van der Waals surface area contributed by atoms with Crippen molar-refractivity contribution in [2.75, 3.05) is 5.75 Å². The zero-order chi connectivity index (χ0) is 23.4. The standard InChI is InChI=1S/C22H23N7O3S/c1-3-22(16-8-6-5-7-9-16)19(31)29(20(32)24-22)27-17(30)14-33-21-26-25-18(28(21)4-2)15-10-12-23-13-11-15/h5-13H,3-4,14H2,1-2H3,(H,24,32)(H,27,30). The summed E-state index contributed by atoms with van der Waals surface area (Å²) in [6.07, 6.45) is 3.70. The second kappa shape index (κ2) is 9.41. The lowest BCUT2D eigenvalue weighted by atomic mass is 9.87. The lowest BCUT2D eigenvalue weighted by molar-refractivity contribution is -0.138. The number of aromatic nitrogens is 4. The number of urea groups is 1. The minimum atomic E-state index is -1.21. The molecule has 0 spiro atoms. The van der Waals surface area contributed by atoms with Crippen LogP contribution in [-0.2, 0) is 21.7 Å². The SMILES string of the molecule is CCn1c(SCC(=O)NN2C(=O)NC(CC)(c3ccccc3)C2=O)nnc1-c1ccncc1. The van der Waals surface area contributed by atoms with E-state index in [2.05, 4.69) is 25.9 Å². The second-order valence-corrected chi connectivity index (χ2v) is 8.25. The normalized spacial score (nSPS) is 17.8. The lowest BCUT2D eigenvalue weighted by Gasteiger charge is -2.25. The Bertz CT molecular complexity index is 1170. The number of hydrogen-bond donors (Lipinski definition) is 2. The highest BCUT2D eigenvalue weighted by Crippen LogP contribution is 2.31. The fourth-order valence-corrected chi connectivity index (χ4v) is 4.52. The average Bonchev–Trinajstić information content (AvgIpc) is 3.38. The molecule has 1 aliphatic rings. The van der Waals surface area contributed by atoms with E-state index in [1.807, 2.05) is 36.6 Å². The molecule has 1 atom stereocenters. The third-order valence-corrected chi connectivity index (χ3v) is 6.40. The Labute approximate surface area is 194 Å². The molecule has 3 aromatic rings. The van der Waals surface area contributed by atoms with Crippen LogP contribution in [0.15, 0.2) is 60.0 Å². The number of thioether (sulfide) groups is 1. The van der Waals surface area contributed by atoms with Gasteiger partial charge < -0.3 is 9.88 Å². The van der Waals surface area contributed by atoms with Crippen LogP contribution in [0.1, 0.15) is 25.8 Å². The molecule has 170 valence electrons. The third kappa shape index (κ3) is 4.19. The van der Waals surface area contributed by atoms with Crippen molar-refractivity contribution in [3.8, 4) is 11.4 Å². The first-order valence-corrected chi connectivity index (χ1v) is 11.5. The highest BCUT2D eigenvalue weighted by molar-refractivity contribution is 7.99. The van der Waals surface area contributed by atoms with E-state index in [0.717, 1.165) is 10.6 Å². The maximum atomic E-state index is 13.1. The van der Waals surface area contributed by atoms with Gasteiger partial charge in [-0.15, -0.1) is 10.2 Å². The van der Waals surface area contributed by atoms with E-state index in [9.17, 15) is 14.4 Å². The molecule has 1 aromatic carbocycles.